The van der Waals surface area contributed by atoms with Gasteiger partial charge in [-0.1, -0.05) is 20.4 Å². The van der Waals surface area contributed by atoms with E-state index >= 15 is 0 Å². The van der Waals surface area contributed by atoms with Crippen molar-refractivity contribution in [2.75, 3.05) is 6.54 Å². The van der Waals surface area contributed by atoms with Gasteiger partial charge in [0.2, 0.25) is 11.8 Å². The number of piperidine rings is 1. The second-order valence-electron chi connectivity index (χ2n) is 10.7. The fraction of sp³-hybridized carbons (Fsp3) is 0.536. The highest BCUT2D eigenvalue weighted by Gasteiger charge is 2.45. The van der Waals surface area contributed by atoms with Gasteiger partial charge in [0, 0.05) is 42.3 Å². The van der Waals surface area contributed by atoms with Gasteiger partial charge in [0.25, 0.3) is 0 Å². The molecule has 7 nitrogen and oxygen atoms in total. The molecule has 2 aromatic rings. The number of aromatic amines is 1. The number of carbonyl (C=O) groups excluding carboxylic acids is 2. The fourth-order valence-corrected chi connectivity index (χ4v) is 5.25. The molecular formula is C28H37F2N5O2. The number of halogens is 2. The summed E-state index contributed by atoms with van der Waals surface area (Å²) in [5.74, 6) is -0.649. The summed E-state index contributed by atoms with van der Waals surface area (Å²) in [4.78, 5) is 35.6. The van der Waals surface area contributed by atoms with Crippen molar-refractivity contribution in [3.05, 3.63) is 54.1 Å². The number of imidazole rings is 1. The first-order chi connectivity index (χ1) is 17.6. The van der Waals surface area contributed by atoms with Crippen LogP contribution in [0, 0.1) is 29.4 Å². The maximum absolute atomic E-state index is 14.1. The molecule has 1 saturated carbocycles. The molecule has 2 unspecified atom stereocenters. The summed E-state index contributed by atoms with van der Waals surface area (Å²) in [5.41, 5.74) is 1.41. The molecule has 37 heavy (non-hydrogen) atoms. The average Bonchev–Trinajstić information content (AvgIpc) is 3.54. The third-order valence-electron chi connectivity index (χ3n) is 7.59. The first-order valence-electron chi connectivity index (χ1n) is 13.2. The highest BCUT2D eigenvalue weighted by Crippen LogP contribution is 2.44. The molecule has 4 rings (SSSR count). The van der Waals surface area contributed by atoms with Crippen LogP contribution in [-0.2, 0) is 16.1 Å². The Bertz CT molecular complexity index is 1150. The van der Waals surface area contributed by atoms with E-state index < -0.39 is 17.7 Å². The van der Waals surface area contributed by atoms with E-state index in [-0.39, 0.29) is 29.8 Å². The zero-order chi connectivity index (χ0) is 26.7. The number of H-pyrrole nitrogens is 1. The maximum Gasteiger partial charge on any atom is 0.243 e. The molecule has 0 bridgehead atoms. The molecule has 3 N–H and O–H groups in total. The fourth-order valence-electron chi connectivity index (χ4n) is 5.25. The van der Waals surface area contributed by atoms with Gasteiger partial charge in [0.05, 0.1) is 18.4 Å². The largest absolute Gasteiger partial charge is 0.373 e. The van der Waals surface area contributed by atoms with Crippen LogP contribution in [0.1, 0.15) is 58.7 Å². The van der Waals surface area contributed by atoms with Gasteiger partial charge >= 0.3 is 0 Å². The molecule has 1 aliphatic heterocycles. The van der Waals surface area contributed by atoms with E-state index in [4.69, 9.17) is 0 Å². The Morgan fingerprint density at radius 1 is 1.27 bits per heavy atom. The van der Waals surface area contributed by atoms with E-state index in [0.29, 0.717) is 35.8 Å². The van der Waals surface area contributed by atoms with Crippen molar-refractivity contribution in [3.63, 3.8) is 0 Å². The highest BCUT2D eigenvalue weighted by atomic mass is 19.1. The summed E-state index contributed by atoms with van der Waals surface area (Å²) >= 11 is 0. The lowest BCUT2D eigenvalue weighted by Crippen LogP contribution is -2.49. The molecule has 0 spiro atoms. The topological polar surface area (TPSA) is 90.1 Å². The van der Waals surface area contributed by atoms with Crippen LogP contribution in [-0.4, -0.2) is 45.3 Å². The minimum atomic E-state index is -0.758. The van der Waals surface area contributed by atoms with Crippen molar-refractivity contribution in [1.82, 2.24) is 25.5 Å². The van der Waals surface area contributed by atoms with Crippen LogP contribution in [0.25, 0.3) is 11.3 Å². The van der Waals surface area contributed by atoms with Crippen LogP contribution in [0.5, 0.6) is 0 Å². The Labute approximate surface area is 217 Å². The SMILES string of the molecule is C=C(C[C@H](NC(=O)C1CC1C(C)C)C(=O)NCc1ncc(-c2ccc(F)cc2F)[nH]1)N1CCCC[C@@H]1C. The zero-order valence-corrected chi connectivity index (χ0v) is 21.8. The predicted octanol–water partition coefficient (Wildman–Crippen LogP) is 4.53. The van der Waals surface area contributed by atoms with Crippen molar-refractivity contribution >= 4 is 11.8 Å². The number of aromatic nitrogens is 2. The number of amides is 2. The molecular weight excluding hydrogens is 476 g/mol. The highest BCUT2D eigenvalue weighted by molar-refractivity contribution is 5.89. The molecule has 1 aromatic carbocycles. The van der Waals surface area contributed by atoms with Crippen LogP contribution in [0.2, 0.25) is 0 Å². The van der Waals surface area contributed by atoms with Gasteiger partial charge in [-0.3, -0.25) is 9.59 Å². The normalized spacial score (nSPS) is 22.0. The number of rotatable bonds is 10. The molecule has 9 heteroatoms. The summed E-state index contributed by atoms with van der Waals surface area (Å²) in [6.07, 6.45) is 5.95. The minimum absolute atomic E-state index is 0.0595. The molecule has 1 aliphatic carbocycles. The Balaban J connectivity index is 1.41. The van der Waals surface area contributed by atoms with E-state index in [0.717, 1.165) is 37.6 Å². The second-order valence-corrected chi connectivity index (χ2v) is 10.7. The summed E-state index contributed by atoms with van der Waals surface area (Å²) in [5, 5.41) is 5.82. The Morgan fingerprint density at radius 2 is 2.05 bits per heavy atom. The van der Waals surface area contributed by atoms with Gasteiger partial charge in [-0.05, 0) is 56.6 Å². The Morgan fingerprint density at radius 3 is 2.73 bits per heavy atom. The minimum Gasteiger partial charge on any atom is -0.373 e. The van der Waals surface area contributed by atoms with E-state index in [2.05, 4.69) is 52.9 Å². The monoisotopic (exact) mass is 513 g/mol. The van der Waals surface area contributed by atoms with Gasteiger partial charge in [-0.15, -0.1) is 0 Å². The molecule has 2 fully saturated rings. The molecule has 200 valence electrons. The molecule has 2 heterocycles. The van der Waals surface area contributed by atoms with E-state index in [9.17, 15) is 18.4 Å². The van der Waals surface area contributed by atoms with Crippen molar-refractivity contribution in [2.24, 2.45) is 17.8 Å². The maximum atomic E-state index is 14.1. The molecule has 1 aromatic heterocycles. The second kappa shape index (κ2) is 11.4. The first-order valence-corrected chi connectivity index (χ1v) is 13.2. The molecule has 2 aliphatic rings. The predicted molar refractivity (Wildman–Crippen MR) is 138 cm³/mol. The van der Waals surface area contributed by atoms with E-state index in [1.165, 1.54) is 24.8 Å². The Kier molecular flexibility index (Phi) is 8.29. The number of hydrogen-bond acceptors (Lipinski definition) is 4. The number of carbonyl (C=O) groups is 2. The lowest BCUT2D eigenvalue weighted by atomic mass is 10.0. The van der Waals surface area contributed by atoms with Crippen LogP contribution < -0.4 is 10.6 Å². The summed E-state index contributed by atoms with van der Waals surface area (Å²) in [6.45, 7) is 11.6. The summed E-state index contributed by atoms with van der Waals surface area (Å²) < 4.78 is 27.4. The van der Waals surface area contributed by atoms with Crippen LogP contribution >= 0.6 is 0 Å². The van der Waals surface area contributed by atoms with Gasteiger partial charge < -0.3 is 20.5 Å². The van der Waals surface area contributed by atoms with E-state index in [1.807, 2.05) is 0 Å². The third-order valence-corrected chi connectivity index (χ3v) is 7.59. The molecule has 4 atom stereocenters. The van der Waals surface area contributed by atoms with Gasteiger partial charge in [-0.25, -0.2) is 13.8 Å². The first kappa shape index (κ1) is 26.8. The number of benzene rings is 1. The smallest absolute Gasteiger partial charge is 0.243 e. The molecule has 2 amide bonds. The number of hydrogen-bond donors (Lipinski definition) is 3. The van der Waals surface area contributed by atoms with Crippen LogP contribution in [0.15, 0.2) is 36.7 Å². The quantitative estimate of drug-likeness (QED) is 0.436. The summed E-state index contributed by atoms with van der Waals surface area (Å²) in [6, 6.07) is 2.91. The molecule has 0 radical (unpaired) electrons. The van der Waals surface area contributed by atoms with Gasteiger partial charge in [0.15, 0.2) is 0 Å². The lowest BCUT2D eigenvalue weighted by Gasteiger charge is -2.37. The lowest BCUT2D eigenvalue weighted by molar-refractivity contribution is -0.130. The zero-order valence-electron chi connectivity index (χ0n) is 21.8. The third kappa shape index (κ3) is 6.56. The summed E-state index contributed by atoms with van der Waals surface area (Å²) in [7, 11) is 0. The van der Waals surface area contributed by atoms with Crippen LogP contribution in [0.4, 0.5) is 8.78 Å². The van der Waals surface area contributed by atoms with Crippen LogP contribution in [0.3, 0.4) is 0 Å². The van der Waals surface area contributed by atoms with Crippen molar-refractivity contribution < 1.29 is 18.4 Å². The number of nitrogens with zero attached hydrogens (tertiary/aromatic N) is 2. The van der Waals surface area contributed by atoms with Crippen molar-refractivity contribution in [3.8, 4) is 11.3 Å². The van der Waals surface area contributed by atoms with Crippen molar-refractivity contribution in [2.45, 2.75) is 71.5 Å². The number of nitrogens with one attached hydrogen (secondary N) is 3. The molecule has 1 saturated heterocycles. The van der Waals surface area contributed by atoms with Crippen molar-refractivity contribution in [1.29, 1.82) is 0 Å². The number of likely N-dealkylation sites (tertiary alicyclic amines) is 1. The average molecular weight is 514 g/mol. The van der Waals surface area contributed by atoms with Gasteiger partial charge in [-0.2, -0.15) is 0 Å². The standard InChI is InChI=1S/C28H37F2N5O2/c1-16(2)21-13-22(21)27(36)34-24(11-18(4)35-10-6-5-7-17(35)3)28(37)32-15-26-31-14-25(33-26)20-9-8-19(29)12-23(20)30/h8-9,12,14,16-17,21-22,24H,4-7,10-11,13,15H2,1-3H3,(H,31,33)(H,32,37)(H,34,36)/t17-,21?,22?,24-/m0/s1. The van der Waals surface area contributed by atoms with E-state index in [1.54, 1.807) is 0 Å². The van der Waals surface area contributed by atoms with Gasteiger partial charge in [0.1, 0.15) is 23.5 Å². The Hall–Kier alpha value is -3.23.